The number of carbonyl (C=O) groups is 1. The van der Waals surface area contributed by atoms with Crippen LogP contribution in [0.4, 0.5) is 0 Å². The van der Waals surface area contributed by atoms with Crippen molar-refractivity contribution in [2.75, 3.05) is 26.4 Å². The van der Waals surface area contributed by atoms with Gasteiger partial charge in [0.15, 0.2) is 6.29 Å². The van der Waals surface area contributed by atoms with Crippen LogP contribution in [-0.2, 0) is 23.7 Å². The highest BCUT2D eigenvalue weighted by molar-refractivity contribution is 5.69. The smallest absolute Gasteiger partial charge is 0.306 e. The van der Waals surface area contributed by atoms with Crippen molar-refractivity contribution >= 4 is 5.97 Å². The molecule has 0 radical (unpaired) electrons. The zero-order chi connectivity index (χ0) is 42.9. The average molecular weight is 831 g/mol. The molecule has 0 bridgehead atoms. The summed E-state index contributed by atoms with van der Waals surface area (Å²) in [5, 5.41) is 40.2. The third-order valence-corrected chi connectivity index (χ3v) is 10.4. The van der Waals surface area contributed by atoms with Crippen LogP contribution in [0.1, 0.15) is 174 Å². The van der Waals surface area contributed by atoms with Gasteiger partial charge in [-0.05, 0) is 83.5 Å². The van der Waals surface area contributed by atoms with Crippen molar-refractivity contribution in [1.82, 2.24) is 0 Å². The monoisotopic (exact) mass is 831 g/mol. The van der Waals surface area contributed by atoms with Gasteiger partial charge in [-0.3, -0.25) is 4.79 Å². The highest BCUT2D eigenvalue weighted by Gasteiger charge is 2.44. The Bertz CT molecular complexity index is 1130. The van der Waals surface area contributed by atoms with Gasteiger partial charge in [-0.25, -0.2) is 0 Å². The molecule has 0 aromatic rings. The molecule has 1 rings (SSSR count). The van der Waals surface area contributed by atoms with E-state index in [2.05, 4.69) is 86.8 Å². The van der Waals surface area contributed by atoms with Gasteiger partial charge in [-0.15, -0.1) is 0 Å². The second-order valence-electron chi connectivity index (χ2n) is 15.8. The molecule has 0 aliphatic carbocycles. The maximum atomic E-state index is 12.8. The molecule has 6 unspecified atom stereocenters. The summed E-state index contributed by atoms with van der Waals surface area (Å²) in [7, 11) is 0. The van der Waals surface area contributed by atoms with E-state index in [1.54, 1.807) is 0 Å². The maximum Gasteiger partial charge on any atom is 0.306 e. The van der Waals surface area contributed by atoms with Crippen molar-refractivity contribution in [2.45, 2.75) is 211 Å². The van der Waals surface area contributed by atoms with Gasteiger partial charge in [-0.1, -0.05) is 157 Å². The van der Waals surface area contributed by atoms with Gasteiger partial charge < -0.3 is 39.4 Å². The van der Waals surface area contributed by atoms with E-state index in [-0.39, 0.29) is 19.2 Å². The number of unbranched alkanes of at least 4 members (excludes halogenated alkanes) is 16. The zero-order valence-corrected chi connectivity index (χ0v) is 37.2. The van der Waals surface area contributed by atoms with Crippen molar-refractivity contribution in [3.8, 4) is 0 Å². The lowest BCUT2D eigenvalue weighted by molar-refractivity contribution is -0.305. The normalized spacial score (nSPS) is 20.8. The second-order valence-corrected chi connectivity index (χ2v) is 15.8. The molecule has 9 nitrogen and oxygen atoms in total. The summed E-state index contributed by atoms with van der Waals surface area (Å²) in [5.41, 5.74) is 0. The highest BCUT2D eigenvalue weighted by atomic mass is 16.7. The SMILES string of the molecule is CC/C=C\C/C=C\C/C=C\C/C=C\C/C=C\CCCCCCCC(=O)OC(COCCCCCCCC/C=C\CCCCCCC)COC1OC(CO)C(O)C(O)C1O. The fourth-order valence-corrected chi connectivity index (χ4v) is 6.69. The molecule has 1 heterocycles. The molecule has 1 aliphatic heterocycles. The molecule has 1 aliphatic rings. The summed E-state index contributed by atoms with van der Waals surface area (Å²) >= 11 is 0. The molecule has 0 amide bonds. The quantitative estimate of drug-likeness (QED) is 0.0271. The number of rotatable bonds is 39. The van der Waals surface area contributed by atoms with Gasteiger partial charge in [0.05, 0.1) is 19.8 Å². The Hall–Kier alpha value is -2.37. The highest BCUT2D eigenvalue weighted by Crippen LogP contribution is 2.22. The van der Waals surface area contributed by atoms with Crippen molar-refractivity contribution in [1.29, 1.82) is 0 Å². The van der Waals surface area contributed by atoms with E-state index in [1.165, 1.54) is 57.8 Å². The molecule has 0 aromatic carbocycles. The summed E-state index contributed by atoms with van der Waals surface area (Å²) in [6.45, 7) is 4.39. The van der Waals surface area contributed by atoms with E-state index >= 15 is 0 Å². The molecule has 4 N–H and O–H groups in total. The largest absolute Gasteiger partial charge is 0.457 e. The van der Waals surface area contributed by atoms with Gasteiger partial charge in [-0.2, -0.15) is 0 Å². The van der Waals surface area contributed by atoms with Gasteiger partial charge >= 0.3 is 5.97 Å². The van der Waals surface area contributed by atoms with Crippen LogP contribution in [0.3, 0.4) is 0 Å². The number of hydrogen-bond acceptors (Lipinski definition) is 9. The molecule has 0 aromatic heterocycles. The van der Waals surface area contributed by atoms with Crippen molar-refractivity contribution in [3.05, 3.63) is 72.9 Å². The number of esters is 1. The predicted molar refractivity (Wildman–Crippen MR) is 242 cm³/mol. The van der Waals surface area contributed by atoms with E-state index < -0.39 is 43.4 Å². The topological polar surface area (TPSA) is 135 Å². The average Bonchev–Trinajstić information content (AvgIpc) is 3.24. The first kappa shape index (κ1) is 54.6. The van der Waals surface area contributed by atoms with Gasteiger partial charge in [0, 0.05) is 13.0 Å². The van der Waals surface area contributed by atoms with Crippen molar-refractivity contribution in [3.63, 3.8) is 0 Å². The Balaban J connectivity index is 2.28. The lowest BCUT2D eigenvalue weighted by Crippen LogP contribution is -2.59. The van der Waals surface area contributed by atoms with Crippen molar-refractivity contribution in [2.24, 2.45) is 0 Å². The summed E-state index contributed by atoms with van der Waals surface area (Å²) in [6.07, 6.45) is 46.4. The third-order valence-electron chi connectivity index (χ3n) is 10.4. The van der Waals surface area contributed by atoms with Crippen LogP contribution >= 0.6 is 0 Å². The first-order valence-corrected chi connectivity index (χ1v) is 23.5. The van der Waals surface area contributed by atoms with E-state index in [0.717, 1.165) is 96.3 Å². The molecule has 1 saturated heterocycles. The van der Waals surface area contributed by atoms with E-state index in [4.69, 9.17) is 18.9 Å². The maximum absolute atomic E-state index is 12.8. The Morgan fingerprint density at radius 2 is 1.03 bits per heavy atom. The molecule has 9 heteroatoms. The Kier molecular flexibility index (Phi) is 38.0. The van der Waals surface area contributed by atoms with Crippen LogP contribution in [0.2, 0.25) is 0 Å². The Morgan fingerprint density at radius 3 is 1.58 bits per heavy atom. The molecular formula is C50H86O9. The van der Waals surface area contributed by atoms with Gasteiger partial charge in [0.1, 0.15) is 30.5 Å². The minimum Gasteiger partial charge on any atom is -0.457 e. The number of ether oxygens (including phenoxy) is 4. The van der Waals surface area contributed by atoms with Gasteiger partial charge in [0.25, 0.3) is 0 Å². The van der Waals surface area contributed by atoms with Crippen LogP contribution in [0.25, 0.3) is 0 Å². The fraction of sp³-hybridized carbons (Fsp3) is 0.740. The first-order valence-electron chi connectivity index (χ1n) is 23.5. The number of aliphatic hydroxyl groups is 4. The second kappa shape index (κ2) is 41.0. The lowest BCUT2D eigenvalue weighted by atomic mass is 9.99. The van der Waals surface area contributed by atoms with Crippen LogP contribution in [0.5, 0.6) is 0 Å². The standard InChI is InChI=1S/C50H86O9/c1-3-5-7-9-11-13-15-17-19-20-21-22-23-24-25-27-29-31-33-35-37-39-46(52)58-44(43-57-50-49(55)48(54)47(53)45(41-51)59-50)42-56-40-38-36-34-32-30-28-26-18-16-14-12-10-8-6-4-2/h5,7,11,13,16-19,21-22,24-25,44-45,47-51,53-55H,3-4,6,8-10,12,14-15,20,23,26-43H2,1-2H3/b7-5-,13-11-,18-16-,19-17-,22-21-,25-24-. The Morgan fingerprint density at radius 1 is 0.559 bits per heavy atom. The lowest BCUT2D eigenvalue weighted by Gasteiger charge is -2.39. The number of hydrogen-bond donors (Lipinski definition) is 4. The fourth-order valence-electron chi connectivity index (χ4n) is 6.69. The summed E-state index contributed by atoms with van der Waals surface area (Å²) in [5.74, 6) is -0.336. The molecule has 1 fully saturated rings. The zero-order valence-electron chi connectivity index (χ0n) is 37.2. The van der Waals surface area contributed by atoms with Crippen LogP contribution in [0, 0.1) is 0 Å². The first-order chi connectivity index (χ1) is 28.9. The van der Waals surface area contributed by atoms with Crippen molar-refractivity contribution < 1.29 is 44.2 Å². The van der Waals surface area contributed by atoms with Crippen LogP contribution < -0.4 is 0 Å². The van der Waals surface area contributed by atoms with Gasteiger partial charge in [0.2, 0.25) is 0 Å². The molecule has 0 spiro atoms. The number of aliphatic hydroxyl groups excluding tert-OH is 4. The molecule has 340 valence electrons. The molecule has 59 heavy (non-hydrogen) atoms. The number of carbonyl (C=O) groups excluding carboxylic acids is 1. The predicted octanol–water partition coefficient (Wildman–Crippen LogP) is 10.9. The summed E-state index contributed by atoms with van der Waals surface area (Å²) < 4.78 is 22.8. The summed E-state index contributed by atoms with van der Waals surface area (Å²) in [4.78, 5) is 12.8. The molecule has 0 saturated carbocycles. The number of allylic oxidation sites excluding steroid dienone is 12. The Labute approximate surface area is 359 Å². The van der Waals surface area contributed by atoms with Crippen LogP contribution in [-0.4, -0.2) is 89.6 Å². The summed E-state index contributed by atoms with van der Waals surface area (Å²) in [6, 6.07) is 0. The van der Waals surface area contributed by atoms with E-state index in [9.17, 15) is 25.2 Å². The van der Waals surface area contributed by atoms with E-state index in [0.29, 0.717) is 13.0 Å². The van der Waals surface area contributed by atoms with E-state index in [1.807, 2.05) is 0 Å². The molecular weight excluding hydrogens is 745 g/mol. The third kappa shape index (κ3) is 32.1. The minimum absolute atomic E-state index is 0.127. The minimum atomic E-state index is -1.54. The molecule has 6 atom stereocenters. The van der Waals surface area contributed by atoms with Crippen LogP contribution in [0.15, 0.2) is 72.9 Å².